The molecule has 2 aromatic carbocycles. The standard InChI is InChI=1S/C30H41N5O2S/c1-6-30(31,7-2)26-19(4)15-21-16-22(28(36)34-27(21)20(26)5)18-35(24-13-14-32-17-24)29(38)33-23-9-11-25(12-10-23)37-8-3/h9-12,15-16,24,32H,6-8,13-14,17-18,31H2,1-5H3,(H,33,38)(H,34,36). The number of nitrogens with zero attached hydrogens (tertiary/aromatic N) is 1. The van der Waals surface area contributed by atoms with Crippen molar-refractivity contribution in [3.8, 4) is 5.75 Å². The molecule has 1 aliphatic rings. The van der Waals surface area contributed by atoms with E-state index >= 15 is 0 Å². The summed E-state index contributed by atoms with van der Waals surface area (Å²) in [6, 6.07) is 12.1. The lowest BCUT2D eigenvalue weighted by Crippen LogP contribution is -2.44. The Morgan fingerprint density at radius 3 is 2.50 bits per heavy atom. The minimum Gasteiger partial charge on any atom is -0.494 e. The Balaban J connectivity index is 1.66. The van der Waals surface area contributed by atoms with Crippen LogP contribution >= 0.6 is 12.2 Å². The lowest BCUT2D eigenvalue weighted by Gasteiger charge is -2.32. The Morgan fingerprint density at radius 2 is 1.89 bits per heavy atom. The maximum atomic E-state index is 13.4. The number of rotatable bonds is 9. The van der Waals surface area contributed by atoms with Gasteiger partial charge in [0, 0.05) is 29.4 Å². The van der Waals surface area contributed by atoms with Crippen LogP contribution in [0.3, 0.4) is 0 Å². The number of aromatic amines is 1. The first-order valence-electron chi connectivity index (χ1n) is 13.7. The second-order valence-electron chi connectivity index (χ2n) is 10.3. The van der Waals surface area contributed by atoms with Crippen LogP contribution in [0.15, 0.2) is 41.2 Å². The van der Waals surface area contributed by atoms with Gasteiger partial charge in [0.25, 0.3) is 5.56 Å². The van der Waals surface area contributed by atoms with Gasteiger partial charge in [-0.1, -0.05) is 13.8 Å². The quantitative estimate of drug-likeness (QED) is 0.284. The third-order valence-corrected chi connectivity index (χ3v) is 8.25. The van der Waals surface area contributed by atoms with E-state index in [9.17, 15) is 4.79 Å². The highest BCUT2D eigenvalue weighted by Crippen LogP contribution is 2.35. The highest BCUT2D eigenvalue weighted by atomic mass is 32.1. The van der Waals surface area contributed by atoms with Gasteiger partial charge in [-0.15, -0.1) is 0 Å². The molecule has 0 amide bonds. The summed E-state index contributed by atoms with van der Waals surface area (Å²) in [5.74, 6) is 0.821. The number of anilines is 1. The molecule has 38 heavy (non-hydrogen) atoms. The number of benzene rings is 2. The topological polar surface area (TPSA) is 95.4 Å². The number of nitrogens with two attached hydrogens (primary N) is 1. The molecule has 1 aliphatic heterocycles. The van der Waals surface area contributed by atoms with Gasteiger partial charge >= 0.3 is 0 Å². The normalized spacial score (nSPS) is 15.6. The Kier molecular flexibility index (Phi) is 8.75. The summed E-state index contributed by atoms with van der Waals surface area (Å²) >= 11 is 5.87. The summed E-state index contributed by atoms with van der Waals surface area (Å²) in [4.78, 5) is 18.7. The predicted molar refractivity (Wildman–Crippen MR) is 161 cm³/mol. The van der Waals surface area contributed by atoms with Gasteiger partial charge in [0.05, 0.1) is 18.7 Å². The fourth-order valence-corrected chi connectivity index (χ4v) is 6.01. The maximum Gasteiger partial charge on any atom is 0.253 e. The van der Waals surface area contributed by atoms with Crippen molar-refractivity contribution in [2.24, 2.45) is 5.73 Å². The number of fused-ring (bicyclic) bond motifs is 1. The summed E-state index contributed by atoms with van der Waals surface area (Å²) in [5.41, 5.74) is 12.1. The molecule has 0 bridgehead atoms. The fraction of sp³-hybridized carbons (Fsp3) is 0.467. The van der Waals surface area contributed by atoms with Crippen molar-refractivity contribution in [1.82, 2.24) is 15.2 Å². The van der Waals surface area contributed by atoms with Crippen LogP contribution in [0.1, 0.15) is 62.3 Å². The number of hydrogen-bond acceptors (Lipinski definition) is 5. The predicted octanol–water partition coefficient (Wildman–Crippen LogP) is 5.08. The average molecular weight is 536 g/mol. The summed E-state index contributed by atoms with van der Waals surface area (Å²) in [6.07, 6.45) is 2.63. The lowest BCUT2D eigenvalue weighted by molar-refractivity contribution is 0.325. The van der Waals surface area contributed by atoms with E-state index in [-0.39, 0.29) is 11.6 Å². The second kappa shape index (κ2) is 11.8. The largest absolute Gasteiger partial charge is 0.494 e. The number of hydrogen-bond donors (Lipinski definition) is 4. The van der Waals surface area contributed by atoms with E-state index in [2.05, 4.69) is 54.3 Å². The molecular formula is C30H41N5O2S. The first kappa shape index (κ1) is 28.1. The van der Waals surface area contributed by atoms with Crippen LogP contribution in [-0.2, 0) is 12.1 Å². The van der Waals surface area contributed by atoms with Crippen molar-refractivity contribution in [3.63, 3.8) is 0 Å². The minimum absolute atomic E-state index is 0.0918. The highest BCUT2D eigenvalue weighted by molar-refractivity contribution is 7.80. The molecule has 1 aromatic heterocycles. The van der Waals surface area contributed by atoms with Crippen molar-refractivity contribution in [2.45, 2.75) is 72.0 Å². The number of pyridine rings is 1. The van der Waals surface area contributed by atoms with Crippen molar-refractivity contribution >= 4 is 33.9 Å². The molecule has 0 radical (unpaired) electrons. The van der Waals surface area contributed by atoms with Crippen LogP contribution in [0.4, 0.5) is 5.69 Å². The van der Waals surface area contributed by atoms with Gasteiger partial charge in [0.1, 0.15) is 5.75 Å². The molecule has 8 heteroatoms. The minimum atomic E-state index is -0.414. The Hall–Kier alpha value is -2.94. The zero-order valence-corrected chi connectivity index (χ0v) is 24.1. The zero-order valence-electron chi connectivity index (χ0n) is 23.2. The Labute approximate surface area is 231 Å². The number of aromatic nitrogens is 1. The van der Waals surface area contributed by atoms with Crippen LogP contribution < -0.4 is 26.7 Å². The first-order valence-corrected chi connectivity index (χ1v) is 14.1. The van der Waals surface area contributed by atoms with Crippen molar-refractivity contribution in [1.29, 1.82) is 0 Å². The van der Waals surface area contributed by atoms with Gasteiger partial charge in [-0.05, 0) is 117 Å². The molecule has 5 N–H and O–H groups in total. The third kappa shape index (κ3) is 5.72. The SMILES string of the molecule is CCOc1ccc(NC(=S)N(Cc2cc3cc(C)c(C(N)(CC)CC)c(C)c3[nH]c2=O)C2CCNC2)cc1. The van der Waals surface area contributed by atoms with E-state index in [0.29, 0.717) is 23.8 Å². The Bertz CT molecular complexity index is 1340. The smallest absolute Gasteiger partial charge is 0.253 e. The molecule has 1 atom stereocenters. The molecular weight excluding hydrogens is 494 g/mol. The van der Waals surface area contributed by atoms with Crippen LogP contribution in [0, 0.1) is 13.8 Å². The van der Waals surface area contributed by atoms with Crippen LogP contribution in [0.2, 0.25) is 0 Å². The van der Waals surface area contributed by atoms with Gasteiger partial charge in [0.2, 0.25) is 0 Å². The number of H-pyrrole nitrogens is 1. The van der Waals surface area contributed by atoms with E-state index < -0.39 is 5.54 Å². The molecule has 7 nitrogen and oxygen atoms in total. The molecule has 0 aliphatic carbocycles. The molecule has 0 spiro atoms. The Morgan fingerprint density at radius 1 is 1.18 bits per heavy atom. The molecule has 1 saturated heterocycles. The molecule has 4 rings (SSSR count). The molecule has 1 fully saturated rings. The van der Waals surface area contributed by atoms with Gasteiger partial charge < -0.3 is 31.0 Å². The number of ether oxygens (including phenoxy) is 1. The van der Waals surface area contributed by atoms with Crippen molar-refractivity contribution in [2.75, 3.05) is 25.0 Å². The van der Waals surface area contributed by atoms with Gasteiger partial charge in [-0.25, -0.2) is 0 Å². The van der Waals surface area contributed by atoms with Crippen LogP contribution in [0.25, 0.3) is 10.9 Å². The first-order chi connectivity index (χ1) is 18.2. The van der Waals surface area contributed by atoms with Gasteiger partial charge in [0.15, 0.2) is 5.11 Å². The van der Waals surface area contributed by atoms with E-state index in [0.717, 1.165) is 71.4 Å². The zero-order chi connectivity index (χ0) is 27.4. The fourth-order valence-electron chi connectivity index (χ4n) is 5.68. The molecule has 2 heterocycles. The molecule has 204 valence electrons. The molecule has 0 saturated carbocycles. The number of aryl methyl sites for hydroxylation is 2. The maximum absolute atomic E-state index is 13.4. The molecule has 3 aromatic rings. The second-order valence-corrected chi connectivity index (χ2v) is 10.7. The third-order valence-electron chi connectivity index (χ3n) is 7.92. The van der Waals surface area contributed by atoms with Gasteiger partial charge in [-0.3, -0.25) is 4.79 Å². The van der Waals surface area contributed by atoms with E-state index in [1.165, 1.54) is 0 Å². The lowest BCUT2D eigenvalue weighted by atomic mass is 9.79. The van der Waals surface area contributed by atoms with Crippen LogP contribution in [0.5, 0.6) is 5.75 Å². The highest BCUT2D eigenvalue weighted by Gasteiger charge is 2.29. The summed E-state index contributed by atoms with van der Waals surface area (Å²) in [6.45, 7) is 13.2. The monoisotopic (exact) mass is 535 g/mol. The summed E-state index contributed by atoms with van der Waals surface area (Å²) < 4.78 is 5.55. The average Bonchev–Trinajstić information content (AvgIpc) is 3.43. The van der Waals surface area contributed by atoms with E-state index in [4.69, 9.17) is 22.7 Å². The van der Waals surface area contributed by atoms with E-state index in [1.54, 1.807) is 0 Å². The van der Waals surface area contributed by atoms with Crippen molar-refractivity contribution < 1.29 is 4.74 Å². The number of nitrogens with one attached hydrogen (secondary N) is 3. The van der Waals surface area contributed by atoms with E-state index in [1.807, 2.05) is 37.3 Å². The molecule has 1 unspecified atom stereocenters. The number of thiocarbonyl (C=S) groups is 1. The summed E-state index contributed by atoms with van der Waals surface area (Å²) in [5, 5.41) is 8.41. The van der Waals surface area contributed by atoms with Crippen LogP contribution in [-0.4, -0.2) is 40.7 Å². The summed E-state index contributed by atoms with van der Waals surface area (Å²) in [7, 11) is 0. The van der Waals surface area contributed by atoms with Gasteiger partial charge in [-0.2, -0.15) is 0 Å². The van der Waals surface area contributed by atoms with Crippen molar-refractivity contribution in [3.05, 3.63) is 69.0 Å².